The van der Waals surface area contributed by atoms with E-state index < -0.39 is 17.7 Å². The van der Waals surface area contributed by atoms with Gasteiger partial charge in [-0.15, -0.1) is 0 Å². The standard InChI is InChI=1S/C19H13Cl2N3O4S/c20-11-2-1-3-12(8-11)24-18(27)13(17(26)23-19(24)29)6-10-4-5-15(14(21)7-10)28-9-16(22)25/h1-8H,9H2,(H2,22,25)(H,23,26,29). The van der Waals surface area contributed by atoms with E-state index in [0.29, 0.717) is 16.3 Å². The second kappa shape index (κ2) is 8.60. The molecule has 0 saturated carbocycles. The third-order valence-corrected chi connectivity index (χ3v) is 4.62. The molecule has 0 atom stereocenters. The van der Waals surface area contributed by atoms with Crippen molar-refractivity contribution in [3.8, 4) is 5.75 Å². The van der Waals surface area contributed by atoms with Crippen molar-refractivity contribution in [2.45, 2.75) is 0 Å². The maximum absolute atomic E-state index is 12.9. The summed E-state index contributed by atoms with van der Waals surface area (Å²) in [6.45, 7) is -0.326. The Hall–Kier alpha value is -2.94. The fourth-order valence-electron chi connectivity index (χ4n) is 2.55. The molecule has 1 aliphatic heterocycles. The van der Waals surface area contributed by atoms with Crippen LogP contribution in [0.15, 0.2) is 48.0 Å². The Morgan fingerprint density at radius 3 is 2.62 bits per heavy atom. The van der Waals surface area contributed by atoms with Crippen molar-refractivity contribution in [1.82, 2.24) is 5.32 Å². The number of primary amides is 1. The van der Waals surface area contributed by atoms with Gasteiger partial charge in [-0.3, -0.25) is 24.6 Å². The number of nitrogens with zero attached hydrogens (tertiary/aromatic N) is 1. The molecule has 0 unspecified atom stereocenters. The number of benzene rings is 2. The Balaban J connectivity index is 1.92. The average molecular weight is 450 g/mol. The lowest BCUT2D eigenvalue weighted by Crippen LogP contribution is -2.54. The molecule has 7 nitrogen and oxygen atoms in total. The van der Waals surface area contributed by atoms with Crippen LogP contribution in [-0.2, 0) is 14.4 Å². The number of ether oxygens (including phenoxy) is 1. The number of thiocarbonyl (C=S) groups is 1. The molecule has 0 spiro atoms. The summed E-state index contributed by atoms with van der Waals surface area (Å²) >= 11 is 17.3. The van der Waals surface area contributed by atoms with Crippen molar-refractivity contribution in [2.75, 3.05) is 11.5 Å². The molecule has 1 saturated heterocycles. The maximum Gasteiger partial charge on any atom is 0.270 e. The third-order valence-electron chi connectivity index (χ3n) is 3.80. The first-order chi connectivity index (χ1) is 13.8. The minimum Gasteiger partial charge on any atom is -0.482 e. The number of amides is 3. The molecule has 1 fully saturated rings. The zero-order valence-corrected chi connectivity index (χ0v) is 17.0. The second-order valence-corrected chi connectivity index (χ2v) is 7.11. The number of hydrogen-bond donors (Lipinski definition) is 2. The second-order valence-electron chi connectivity index (χ2n) is 5.88. The van der Waals surface area contributed by atoms with Gasteiger partial charge in [0.15, 0.2) is 11.7 Å². The molecule has 3 N–H and O–H groups in total. The minimum atomic E-state index is -0.645. The molecule has 0 aromatic heterocycles. The van der Waals surface area contributed by atoms with Crippen LogP contribution < -0.4 is 20.7 Å². The molecule has 148 valence electrons. The minimum absolute atomic E-state index is 0.0485. The topological polar surface area (TPSA) is 102 Å². The van der Waals surface area contributed by atoms with Crippen molar-refractivity contribution in [1.29, 1.82) is 0 Å². The summed E-state index contributed by atoms with van der Waals surface area (Å²) in [5.74, 6) is -1.64. The van der Waals surface area contributed by atoms with Gasteiger partial charge in [0.05, 0.1) is 10.7 Å². The molecule has 3 amide bonds. The Morgan fingerprint density at radius 2 is 1.97 bits per heavy atom. The number of rotatable bonds is 5. The van der Waals surface area contributed by atoms with Gasteiger partial charge in [-0.05, 0) is 54.2 Å². The first-order valence-electron chi connectivity index (χ1n) is 8.14. The largest absolute Gasteiger partial charge is 0.482 e. The van der Waals surface area contributed by atoms with E-state index in [4.69, 9.17) is 45.9 Å². The van der Waals surface area contributed by atoms with E-state index in [9.17, 15) is 14.4 Å². The molecule has 29 heavy (non-hydrogen) atoms. The van der Waals surface area contributed by atoms with Gasteiger partial charge >= 0.3 is 0 Å². The zero-order chi connectivity index (χ0) is 21.1. The molecule has 1 aliphatic rings. The summed E-state index contributed by atoms with van der Waals surface area (Å²) in [5.41, 5.74) is 5.79. The number of carbonyl (C=O) groups excluding carboxylic acids is 3. The Kier molecular flexibility index (Phi) is 6.17. The van der Waals surface area contributed by atoms with E-state index in [1.807, 2.05) is 0 Å². The van der Waals surface area contributed by atoms with Crippen LogP contribution in [0.3, 0.4) is 0 Å². The molecular weight excluding hydrogens is 437 g/mol. The summed E-state index contributed by atoms with van der Waals surface area (Å²) < 4.78 is 5.17. The maximum atomic E-state index is 12.9. The molecule has 3 rings (SSSR count). The van der Waals surface area contributed by atoms with Crippen LogP contribution in [0.1, 0.15) is 5.56 Å². The molecular formula is C19H13Cl2N3O4S. The Bertz CT molecular complexity index is 1070. The lowest BCUT2D eigenvalue weighted by molar-refractivity contribution is -0.122. The predicted molar refractivity (Wildman–Crippen MR) is 114 cm³/mol. The molecule has 0 bridgehead atoms. The van der Waals surface area contributed by atoms with E-state index in [1.54, 1.807) is 30.3 Å². The predicted octanol–water partition coefficient (Wildman–Crippen LogP) is 2.69. The van der Waals surface area contributed by atoms with Crippen LogP contribution in [0.4, 0.5) is 5.69 Å². The number of carbonyl (C=O) groups is 3. The smallest absolute Gasteiger partial charge is 0.270 e. The van der Waals surface area contributed by atoms with Crippen molar-refractivity contribution in [2.24, 2.45) is 5.73 Å². The molecule has 0 radical (unpaired) electrons. The van der Waals surface area contributed by atoms with E-state index in [2.05, 4.69) is 5.32 Å². The average Bonchev–Trinajstić information content (AvgIpc) is 2.64. The van der Waals surface area contributed by atoms with Gasteiger partial charge in [0.1, 0.15) is 11.3 Å². The summed E-state index contributed by atoms with van der Waals surface area (Å²) in [7, 11) is 0. The number of hydrogen-bond acceptors (Lipinski definition) is 5. The summed E-state index contributed by atoms with van der Waals surface area (Å²) in [6.07, 6.45) is 1.38. The van der Waals surface area contributed by atoms with Crippen molar-refractivity contribution in [3.05, 3.63) is 63.6 Å². The lowest BCUT2D eigenvalue weighted by Gasteiger charge is -2.29. The van der Waals surface area contributed by atoms with Gasteiger partial charge in [0.2, 0.25) is 0 Å². The summed E-state index contributed by atoms with van der Waals surface area (Å²) in [5, 5.41) is 3.04. The number of nitrogens with two attached hydrogens (primary N) is 1. The molecule has 10 heteroatoms. The van der Waals surface area contributed by atoms with Crippen LogP contribution in [0, 0.1) is 0 Å². The summed E-state index contributed by atoms with van der Waals surface area (Å²) in [4.78, 5) is 37.3. The van der Waals surface area contributed by atoms with Crippen LogP contribution in [-0.4, -0.2) is 29.4 Å². The quantitative estimate of drug-likeness (QED) is 0.415. The lowest BCUT2D eigenvalue weighted by atomic mass is 10.1. The van der Waals surface area contributed by atoms with Gasteiger partial charge < -0.3 is 10.5 Å². The molecule has 2 aromatic carbocycles. The number of anilines is 1. The van der Waals surface area contributed by atoms with E-state index in [1.165, 1.54) is 23.1 Å². The summed E-state index contributed by atoms with van der Waals surface area (Å²) in [6, 6.07) is 11.1. The monoisotopic (exact) mass is 449 g/mol. The van der Waals surface area contributed by atoms with Crippen LogP contribution in [0.5, 0.6) is 5.75 Å². The van der Waals surface area contributed by atoms with Crippen molar-refractivity contribution < 1.29 is 19.1 Å². The fourth-order valence-corrected chi connectivity index (χ4v) is 3.26. The fraction of sp³-hybridized carbons (Fsp3) is 0.0526. The number of halogens is 2. The number of nitrogens with one attached hydrogen (secondary N) is 1. The normalized spacial score (nSPS) is 15.4. The van der Waals surface area contributed by atoms with Gasteiger partial charge in [0.25, 0.3) is 17.7 Å². The van der Waals surface area contributed by atoms with Gasteiger partial charge in [-0.25, -0.2) is 0 Å². The van der Waals surface area contributed by atoms with E-state index >= 15 is 0 Å². The van der Waals surface area contributed by atoms with Crippen molar-refractivity contribution in [3.63, 3.8) is 0 Å². The highest BCUT2D eigenvalue weighted by atomic mass is 35.5. The van der Waals surface area contributed by atoms with E-state index in [0.717, 1.165) is 0 Å². The first kappa shape index (κ1) is 20.8. The third kappa shape index (κ3) is 4.73. The highest BCUT2D eigenvalue weighted by molar-refractivity contribution is 7.80. The first-order valence-corrected chi connectivity index (χ1v) is 9.30. The van der Waals surface area contributed by atoms with Crippen LogP contribution in [0.2, 0.25) is 10.0 Å². The highest BCUT2D eigenvalue weighted by Gasteiger charge is 2.34. The Morgan fingerprint density at radius 1 is 1.21 bits per heavy atom. The van der Waals surface area contributed by atoms with Gasteiger partial charge in [-0.1, -0.05) is 35.3 Å². The highest BCUT2D eigenvalue weighted by Crippen LogP contribution is 2.28. The van der Waals surface area contributed by atoms with E-state index in [-0.39, 0.29) is 28.1 Å². The van der Waals surface area contributed by atoms with Gasteiger partial charge in [0, 0.05) is 5.02 Å². The SMILES string of the molecule is NC(=O)COc1ccc(C=C2C(=O)NC(=S)N(c3cccc(Cl)c3)C2=O)cc1Cl. The molecule has 0 aliphatic carbocycles. The van der Waals surface area contributed by atoms with Crippen LogP contribution in [0.25, 0.3) is 6.08 Å². The Labute approximate surface area is 181 Å². The molecule has 2 aromatic rings. The van der Waals surface area contributed by atoms with Crippen molar-refractivity contribution >= 4 is 70.0 Å². The molecule has 1 heterocycles. The zero-order valence-electron chi connectivity index (χ0n) is 14.6. The van der Waals surface area contributed by atoms with Crippen LogP contribution >= 0.6 is 35.4 Å². The van der Waals surface area contributed by atoms with Gasteiger partial charge in [-0.2, -0.15) is 0 Å².